The molecule has 2 fully saturated rings. The van der Waals surface area contributed by atoms with Crippen molar-refractivity contribution in [2.24, 2.45) is 0 Å². The van der Waals surface area contributed by atoms with Gasteiger partial charge in [0.1, 0.15) is 12.4 Å². The topological polar surface area (TPSA) is 55.7 Å². The molecule has 0 radical (unpaired) electrons. The summed E-state index contributed by atoms with van der Waals surface area (Å²) in [6.45, 7) is 5.25. The van der Waals surface area contributed by atoms with Crippen molar-refractivity contribution < 1.29 is 14.3 Å². The summed E-state index contributed by atoms with van der Waals surface area (Å²) in [4.78, 5) is 15.5. The Hall–Kier alpha value is -2.31. The summed E-state index contributed by atoms with van der Waals surface area (Å²) in [5.41, 5.74) is 0.520. The Morgan fingerprint density at radius 3 is 2.53 bits per heavy atom. The highest BCUT2D eigenvalue weighted by molar-refractivity contribution is 5.92. The van der Waals surface area contributed by atoms with E-state index >= 15 is 0 Å². The van der Waals surface area contributed by atoms with Crippen molar-refractivity contribution in [1.29, 1.82) is 0 Å². The maximum absolute atomic E-state index is 13.0. The molecule has 30 heavy (non-hydrogen) atoms. The molecule has 0 saturated carbocycles. The highest BCUT2D eigenvalue weighted by atomic mass is 16.5. The molecule has 0 unspecified atom stereocenters. The standard InChI is InChI=1S/C24H33N3O3/c28-23(20-24(10-17-29-18-11-24)27-14-6-7-15-27)25-21-8-2-3-9-22(21)30-19-16-26-12-4-1-5-13-26/h2-3,6-9,14-15H,1,4-5,10-13,16-20H2,(H,25,28). The molecular formula is C24H33N3O3. The number of nitrogens with one attached hydrogen (secondary N) is 1. The van der Waals surface area contributed by atoms with Gasteiger partial charge in [-0.05, 0) is 63.0 Å². The van der Waals surface area contributed by atoms with E-state index in [4.69, 9.17) is 9.47 Å². The maximum Gasteiger partial charge on any atom is 0.226 e. The molecule has 2 aliphatic rings. The fourth-order valence-corrected chi connectivity index (χ4v) is 4.59. The zero-order valence-corrected chi connectivity index (χ0v) is 17.7. The van der Waals surface area contributed by atoms with E-state index in [-0.39, 0.29) is 11.4 Å². The molecule has 1 aromatic heterocycles. The Labute approximate surface area is 179 Å². The van der Waals surface area contributed by atoms with E-state index in [1.54, 1.807) is 0 Å². The third-order valence-corrected chi connectivity index (χ3v) is 6.34. The Balaban J connectivity index is 1.37. The van der Waals surface area contributed by atoms with Gasteiger partial charge < -0.3 is 19.4 Å². The monoisotopic (exact) mass is 411 g/mol. The van der Waals surface area contributed by atoms with Crippen LogP contribution in [0.25, 0.3) is 0 Å². The van der Waals surface area contributed by atoms with Crippen LogP contribution in [-0.2, 0) is 15.1 Å². The number of ether oxygens (including phenoxy) is 2. The molecule has 6 nitrogen and oxygen atoms in total. The summed E-state index contributed by atoms with van der Waals surface area (Å²) in [7, 11) is 0. The lowest BCUT2D eigenvalue weighted by Crippen LogP contribution is -2.42. The molecule has 1 N–H and O–H groups in total. The van der Waals surface area contributed by atoms with Crippen molar-refractivity contribution >= 4 is 11.6 Å². The average molecular weight is 412 g/mol. The molecule has 3 heterocycles. The summed E-state index contributed by atoms with van der Waals surface area (Å²) in [6, 6.07) is 11.8. The number of benzene rings is 1. The van der Waals surface area contributed by atoms with E-state index in [0.717, 1.165) is 43.9 Å². The van der Waals surface area contributed by atoms with Crippen molar-refractivity contribution in [2.45, 2.75) is 44.1 Å². The minimum atomic E-state index is -0.226. The summed E-state index contributed by atoms with van der Waals surface area (Å²) in [6.07, 6.45) is 10.1. The second-order valence-electron chi connectivity index (χ2n) is 8.40. The lowest BCUT2D eigenvalue weighted by Gasteiger charge is -2.38. The SMILES string of the molecule is O=C(CC1(n2cccc2)CCOCC1)Nc1ccccc1OCCN1CCCCC1. The number of hydrogen-bond donors (Lipinski definition) is 1. The van der Waals surface area contributed by atoms with Crippen LogP contribution in [-0.4, -0.2) is 54.8 Å². The minimum Gasteiger partial charge on any atom is -0.490 e. The third kappa shape index (κ3) is 5.24. The predicted molar refractivity (Wildman–Crippen MR) is 118 cm³/mol. The van der Waals surface area contributed by atoms with Crippen LogP contribution in [0.1, 0.15) is 38.5 Å². The van der Waals surface area contributed by atoms with Crippen LogP contribution in [0.15, 0.2) is 48.8 Å². The number of aromatic nitrogens is 1. The van der Waals surface area contributed by atoms with Crippen LogP contribution in [0.3, 0.4) is 0 Å². The summed E-state index contributed by atoms with van der Waals surface area (Å²) < 4.78 is 13.8. The van der Waals surface area contributed by atoms with Crippen LogP contribution >= 0.6 is 0 Å². The molecule has 6 heteroatoms. The van der Waals surface area contributed by atoms with Gasteiger partial charge in [-0.25, -0.2) is 0 Å². The molecule has 1 aromatic carbocycles. The number of hydrogen-bond acceptors (Lipinski definition) is 4. The van der Waals surface area contributed by atoms with Crippen LogP contribution in [0.4, 0.5) is 5.69 Å². The zero-order chi connectivity index (χ0) is 20.7. The van der Waals surface area contributed by atoms with Gasteiger partial charge in [-0.15, -0.1) is 0 Å². The van der Waals surface area contributed by atoms with Gasteiger partial charge in [0.2, 0.25) is 5.91 Å². The van der Waals surface area contributed by atoms with Gasteiger partial charge in [-0.3, -0.25) is 9.69 Å². The van der Waals surface area contributed by atoms with Gasteiger partial charge in [0, 0.05) is 32.2 Å². The average Bonchev–Trinajstić information content (AvgIpc) is 3.32. The normalized spacial score (nSPS) is 19.3. The number of carbonyl (C=O) groups excluding carboxylic acids is 1. The van der Waals surface area contributed by atoms with Crippen molar-refractivity contribution in [2.75, 3.05) is 44.8 Å². The summed E-state index contributed by atoms with van der Waals surface area (Å²) in [5, 5.41) is 3.10. The lowest BCUT2D eigenvalue weighted by molar-refractivity contribution is -0.119. The van der Waals surface area contributed by atoms with Crippen LogP contribution in [0.5, 0.6) is 5.75 Å². The molecule has 0 aliphatic carbocycles. The van der Waals surface area contributed by atoms with Gasteiger partial charge in [-0.1, -0.05) is 18.6 Å². The lowest BCUT2D eigenvalue weighted by atomic mass is 9.86. The van der Waals surface area contributed by atoms with Crippen molar-refractivity contribution in [3.8, 4) is 5.75 Å². The van der Waals surface area contributed by atoms with Crippen molar-refractivity contribution in [1.82, 2.24) is 9.47 Å². The molecular weight excluding hydrogens is 378 g/mol. The molecule has 0 spiro atoms. The van der Waals surface area contributed by atoms with Gasteiger partial charge >= 0.3 is 0 Å². The maximum atomic E-state index is 13.0. The Bertz CT molecular complexity index is 794. The van der Waals surface area contributed by atoms with Crippen LogP contribution in [0.2, 0.25) is 0 Å². The summed E-state index contributed by atoms with van der Waals surface area (Å²) in [5.74, 6) is 0.752. The van der Waals surface area contributed by atoms with Crippen molar-refractivity contribution in [3.05, 3.63) is 48.8 Å². The van der Waals surface area contributed by atoms with Gasteiger partial charge in [-0.2, -0.15) is 0 Å². The molecule has 0 atom stereocenters. The first-order valence-corrected chi connectivity index (χ1v) is 11.2. The number of amides is 1. The van der Waals surface area contributed by atoms with Crippen LogP contribution in [0, 0.1) is 0 Å². The molecule has 0 bridgehead atoms. The van der Waals surface area contributed by atoms with Gasteiger partial charge in [0.05, 0.1) is 17.6 Å². The highest BCUT2D eigenvalue weighted by Gasteiger charge is 2.36. The fraction of sp³-hybridized carbons (Fsp3) is 0.542. The van der Waals surface area contributed by atoms with E-state index in [2.05, 4.69) is 27.2 Å². The second kappa shape index (κ2) is 10.1. The number of piperidine rings is 1. The number of anilines is 1. The second-order valence-corrected chi connectivity index (χ2v) is 8.40. The van der Waals surface area contributed by atoms with E-state index in [0.29, 0.717) is 26.2 Å². The van der Waals surface area contributed by atoms with Crippen molar-refractivity contribution in [3.63, 3.8) is 0 Å². The molecule has 4 rings (SSSR count). The largest absolute Gasteiger partial charge is 0.490 e. The minimum absolute atomic E-state index is 0.0117. The number of likely N-dealkylation sites (tertiary alicyclic amines) is 1. The number of carbonyl (C=O) groups is 1. The highest BCUT2D eigenvalue weighted by Crippen LogP contribution is 2.34. The number of para-hydroxylation sites is 2. The number of rotatable bonds is 8. The fourth-order valence-electron chi connectivity index (χ4n) is 4.59. The van der Waals surface area contributed by atoms with Gasteiger partial charge in [0.15, 0.2) is 0 Å². The van der Waals surface area contributed by atoms with E-state index < -0.39 is 0 Å². The first-order chi connectivity index (χ1) is 14.8. The molecule has 2 aliphatic heterocycles. The Morgan fingerprint density at radius 1 is 1.03 bits per heavy atom. The Kier molecular flexibility index (Phi) is 7.07. The predicted octanol–water partition coefficient (Wildman–Crippen LogP) is 3.89. The van der Waals surface area contributed by atoms with E-state index in [1.165, 1.54) is 19.3 Å². The number of nitrogens with zero attached hydrogens (tertiary/aromatic N) is 2. The van der Waals surface area contributed by atoms with Gasteiger partial charge in [0.25, 0.3) is 0 Å². The van der Waals surface area contributed by atoms with Crippen LogP contribution < -0.4 is 10.1 Å². The molecule has 2 saturated heterocycles. The van der Waals surface area contributed by atoms with E-state index in [1.807, 2.05) is 36.4 Å². The third-order valence-electron chi connectivity index (χ3n) is 6.34. The summed E-state index contributed by atoms with van der Waals surface area (Å²) >= 11 is 0. The Morgan fingerprint density at radius 2 is 1.77 bits per heavy atom. The molecule has 2 aromatic rings. The first-order valence-electron chi connectivity index (χ1n) is 11.2. The van der Waals surface area contributed by atoms with E-state index in [9.17, 15) is 4.79 Å². The first kappa shape index (κ1) is 20.9. The zero-order valence-electron chi connectivity index (χ0n) is 17.7. The quantitative estimate of drug-likeness (QED) is 0.716. The molecule has 162 valence electrons. The smallest absolute Gasteiger partial charge is 0.226 e. The molecule has 1 amide bonds.